The van der Waals surface area contributed by atoms with E-state index in [0.29, 0.717) is 17.0 Å². The number of nitrogen functional groups attached to an aromatic ring is 1. The molecule has 1 rings (SSSR count). The van der Waals surface area contributed by atoms with Crippen molar-refractivity contribution in [3.05, 3.63) is 23.8 Å². The summed E-state index contributed by atoms with van der Waals surface area (Å²) < 4.78 is 5.04. The minimum Gasteiger partial charge on any atom is -0.495 e. The van der Waals surface area contributed by atoms with Crippen molar-refractivity contribution < 1.29 is 14.6 Å². The number of nitrogens with two attached hydrogens (primary N) is 1. The van der Waals surface area contributed by atoms with E-state index in [9.17, 15) is 4.79 Å². The molecule has 0 unspecified atom stereocenters. The number of ether oxygens (including phenoxy) is 1. The van der Waals surface area contributed by atoms with Gasteiger partial charge in [-0.25, -0.2) is 0 Å². The third-order valence-corrected chi connectivity index (χ3v) is 2.49. The molecule has 1 aromatic rings. The van der Waals surface area contributed by atoms with Crippen molar-refractivity contribution in [3.63, 3.8) is 0 Å². The zero-order valence-electron chi connectivity index (χ0n) is 9.07. The van der Waals surface area contributed by atoms with Crippen LogP contribution in [-0.2, 0) is 10.2 Å². The van der Waals surface area contributed by atoms with Crippen molar-refractivity contribution in [3.8, 4) is 5.75 Å². The fourth-order valence-electron chi connectivity index (χ4n) is 1.38. The van der Waals surface area contributed by atoms with E-state index in [4.69, 9.17) is 15.6 Å². The Kier molecular flexibility index (Phi) is 2.88. The first-order valence-electron chi connectivity index (χ1n) is 4.57. The monoisotopic (exact) mass is 209 g/mol. The van der Waals surface area contributed by atoms with Gasteiger partial charge < -0.3 is 15.6 Å². The molecule has 4 heteroatoms. The molecular weight excluding hydrogens is 194 g/mol. The molecule has 4 nitrogen and oxygen atoms in total. The summed E-state index contributed by atoms with van der Waals surface area (Å²) in [6.45, 7) is 3.22. The molecule has 0 spiro atoms. The van der Waals surface area contributed by atoms with E-state index >= 15 is 0 Å². The van der Waals surface area contributed by atoms with Gasteiger partial charge in [0.05, 0.1) is 18.2 Å². The first kappa shape index (κ1) is 11.4. The van der Waals surface area contributed by atoms with Crippen molar-refractivity contribution in [2.75, 3.05) is 12.8 Å². The van der Waals surface area contributed by atoms with Gasteiger partial charge in [-0.1, -0.05) is 12.1 Å². The summed E-state index contributed by atoms with van der Waals surface area (Å²) in [5.41, 5.74) is 5.76. The second kappa shape index (κ2) is 3.81. The fraction of sp³-hybridized carbons (Fsp3) is 0.364. The summed E-state index contributed by atoms with van der Waals surface area (Å²) in [5.74, 6) is -0.413. The highest BCUT2D eigenvalue weighted by molar-refractivity contribution is 5.83. The molecule has 0 saturated carbocycles. The number of rotatable bonds is 3. The number of para-hydroxylation sites is 1. The summed E-state index contributed by atoms with van der Waals surface area (Å²) in [6, 6.07) is 5.14. The third kappa shape index (κ3) is 1.88. The van der Waals surface area contributed by atoms with Gasteiger partial charge in [-0.3, -0.25) is 4.79 Å². The Labute approximate surface area is 88.7 Å². The van der Waals surface area contributed by atoms with Crippen molar-refractivity contribution in [2.24, 2.45) is 0 Å². The lowest BCUT2D eigenvalue weighted by Crippen LogP contribution is -2.29. The maximum absolute atomic E-state index is 11.1. The van der Waals surface area contributed by atoms with Crippen LogP contribution in [0.25, 0.3) is 0 Å². The van der Waals surface area contributed by atoms with Crippen LogP contribution in [0.3, 0.4) is 0 Å². The second-order valence-electron chi connectivity index (χ2n) is 3.85. The van der Waals surface area contributed by atoms with Gasteiger partial charge >= 0.3 is 5.97 Å². The lowest BCUT2D eigenvalue weighted by molar-refractivity contribution is -0.142. The van der Waals surface area contributed by atoms with Gasteiger partial charge in [-0.05, 0) is 25.5 Å². The fourth-order valence-corrected chi connectivity index (χ4v) is 1.38. The van der Waals surface area contributed by atoms with E-state index in [1.807, 2.05) is 0 Å². The highest BCUT2D eigenvalue weighted by Gasteiger charge is 2.32. The molecule has 0 bridgehead atoms. The van der Waals surface area contributed by atoms with Gasteiger partial charge in [0, 0.05) is 0 Å². The van der Waals surface area contributed by atoms with Crippen LogP contribution < -0.4 is 10.5 Å². The number of hydrogen-bond acceptors (Lipinski definition) is 3. The van der Waals surface area contributed by atoms with Gasteiger partial charge in [0.15, 0.2) is 0 Å². The third-order valence-electron chi connectivity index (χ3n) is 2.49. The number of hydrogen-bond donors (Lipinski definition) is 2. The summed E-state index contributed by atoms with van der Waals surface area (Å²) in [5, 5.41) is 9.09. The predicted molar refractivity (Wildman–Crippen MR) is 58.1 cm³/mol. The van der Waals surface area contributed by atoms with Gasteiger partial charge in [-0.2, -0.15) is 0 Å². The van der Waals surface area contributed by atoms with Crippen molar-refractivity contribution in [1.29, 1.82) is 0 Å². The lowest BCUT2D eigenvalue weighted by atomic mass is 9.83. The highest BCUT2D eigenvalue weighted by Crippen LogP contribution is 2.34. The van der Waals surface area contributed by atoms with Crippen LogP contribution in [0.5, 0.6) is 5.75 Å². The number of carboxylic acid groups (broad SMARTS) is 1. The average molecular weight is 209 g/mol. The van der Waals surface area contributed by atoms with Gasteiger partial charge in [-0.15, -0.1) is 0 Å². The quantitative estimate of drug-likeness (QED) is 0.742. The Morgan fingerprint density at radius 1 is 1.47 bits per heavy atom. The Morgan fingerprint density at radius 2 is 2.07 bits per heavy atom. The molecule has 0 fully saturated rings. The van der Waals surface area contributed by atoms with Crippen LogP contribution in [0.15, 0.2) is 18.2 Å². The Balaban J connectivity index is 3.32. The van der Waals surface area contributed by atoms with Crippen LogP contribution in [0, 0.1) is 0 Å². The molecule has 0 radical (unpaired) electrons. The van der Waals surface area contributed by atoms with Crippen LogP contribution in [0.4, 0.5) is 5.69 Å². The summed E-state index contributed by atoms with van der Waals surface area (Å²) >= 11 is 0. The van der Waals surface area contributed by atoms with Crippen molar-refractivity contribution >= 4 is 11.7 Å². The number of aliphatic carboxylic acids is 1. The van der Waals surface area contributed by atoms with Crippen LogP contribution >= 0.6 is 0 Å². The molecule has 0 aliphatic carbocycles. The maximum Gasteiger partial charge on any atom is 0.313 e. The topological polar surface area (TPSA) is 72.5 Å². The van der Waals surface area contributed by atoms with Crippen molar-refractivity contribution in [2.45, 2.75) is 19.3 Å². The van der Waals surface area contributed by atoms with Crippen LogP contribution in [0.1, 0.15) is 19.4 Å². The molecule has 82 valence electrons. The first-order valence-corrected chi connectivity index (χ1v) is 4.57. The van der Waals surface area contributed by atoms with Crippen LogP contribution in [0.2, 0.25) is 0 Å². The average Bonchev–Trinajstić information content (AvgIpc) is 2.17. The molecule has 0 aromatic heterocycles. The minimum atomic E-state index is -1.02. The largest absolute Gasteiger partial charge is 0.495 e. The van der Waals surface area contributed by atoms with E-state index in [1.54, 1.807) is 32.0 Å². The normalized spacial score (nSPS) is 11.1. The molecule has 0 aliphatic rings. The number of carboxylic acids is 1. The number of anilines is 1. The predicted octanol–water partition coefficient (Wildman–Crippen LogP) is 1.64. The summed E-state index contributed by atoms with van der Waals surface area (Å²) in [7, 11) is 1.50. The van der Waals surface area contributed by atoms with E-state index in [2.05, 4.69) is 0 Å². The van der Waals surface area contributed by atoms with E-state index < -0.39 is 11.4 Å². The first-order chi connectivity index (χ1) is 6.91. The molecule has 0 amide bonds. The zero-order chi connectivity index (χ0) is 11.6. The smallest absolute Gasteiger partial charge is 0.313 e. The lowest BCUT2D eigenvalue weighted by Gasteiger charge is -2.22. The number of carbonyl (C=O) groups is 1. The maximum atomic E-state index is 11.1. The van der Waals surface area contributed by atoms with Gasteiger partial charge in [0.25, 0.3) is 0 Å². The summed E-state index contributed by atoms with van der Waals surface area (Å²) in [4.78, 5) is 11.1. The molecule has 15 heavy (non-hydrogen) atoms. The molecule has 0 saturated heterocycles. The van der Waals surface area contributed by atoms with Gasteiger partial charge in [0.1, 0.15) is 5.75 Å². The standard InChI is InChI=1S/C11H15NO3/c1-11(2,10(13)14)7-5-4-6-8(15-3)9(7)12/h4-6H,12H2,1-3H3,(H,13,14). The second-order valence-corrected chi connectivity index (χ2v) is 3.85. The van der Waals surface area contributed by atoms with E-state index in [0.717, 1.165) is 0 Å². The molecule has 0 atom stereocenters. The number of benzene rings is 1. The van der Waals surface area contributed by atoms with E-state index in [1.165, 1.54) is 7.11 Å². The van der Waals surface area contributed by atoms with Gasteiger partial charge in [0.2, 0.25) is 0 Å². The highest BCUT2D eigenvalue weighted by atomic mass is 16.5. The zero-order valence-corrected chi connectivity index (χ0v) is 9.07. The molecule has 0 aliphatic heterocycles. The summed E-state index contributed by atoms with van der Waals surface area (Å²) in [6.07, 6.45) is 0. The van der Waals surface area contributed by atoms with Crippen molar-refractivity contribution in [1.82, 2.24) is 0 Å². The Morgan fingerprint density at radius 3 is 2.53 bits per heavy atom. The Bertz CT molecular complexity index is 385. The minimum absolute atomic E-state index is 0.382. The molecule has 0 heterocycles. The number of methoxy groups -OCH3 is 1. The molecular formula is C11H15NO3. The SMILES string of the molecule is COc1cccc(C(C)(C)C(=O)O)c1N. The molecule has 3 N–H and O–H groups in total. The molecule has 1 aromatic carbocycles. The Hall–Kier alpha value is -1.71. The van der Waals surface area contributed by atoms with E-state index in [-0.39, 0.29) is 0 Å². The van der Waals surface area contributed by atoms with Crippen LogP contribution in [-0.4, -0.2) is 18.2 Å².